The maximum atomic E-state index is 5.18. The molecule has 0 saturated carbocycles. The molecule has 0 heterocycles. The average Bonchev–Trinajstić information content (AvgIpc) is 2.25. The van der Waals surface area contributed by atoms with Gasteiger partial charge in [0, 0.05) is 18.8 Å². The predicted octanol–water partition coefficient (Wildman–Crippen LogP) is 2.32. The van der Waals surface area contributed by atoms with Gasteiger partial charge < -0.3 is 4.90 Å². The Hall–Kier alpha value is -1.16. The van der Waals surface area contributed by atoms with Gasteiger partial charge in [0.2, 0.25) is 0 Å². The van der Waals surface area contributed by atoms with Gasteiger partial charge in [-0.25, -0.2) is 0 Å². The highest BCUT2D eigenvalue weighted by Crippen LogP contribution is 1.92. The molecule has 0 spiro atoms. The molecule has 0 unspecified atom stereocenters. The topological polar surface area (TPSA) is 27.6 Å². The van der Waals surface area contributed by atoms with Crippen molar-refractivity contribution < 1.29 is 0 Å². The van der Waals surface area contributed by atoms with Crippen LogP contribution in [0.5, 0.6) is 0 Å². The first kappa shape index (κ1) is 13.8. The quantitative estimate of drug-likeness (QED) is 0.325. The first-order valence-electron chi connectivity index (χ1n) is 4.95. The van der Waals surface area contributed by atoms with Gasteiger partial charge in [0.05, 0.1) is 0 Å². The molecule has 15 heavy (non-hydrogen) atoms. The van der Waals surface area contributed by atoms with E-state index in [1.807, 2.05) is 11.8 Å². The Balaban J connectivity index is 4.24. The lowest BCUT2D eigenvalue weighted by Crippen LogP contribution is -2.37. The Labute approximate surface area is 97.5 Å². The van der Waals surface area contributed by atoms with Gasteiger partial charge in [0.15, 0.2) is 5.11 Å². The van der Waals surface area contributed by atoms with Gasteiger partial charge in [0.1, 0.15) is 0 Å². The Kier molecular flexibility index (Phi) is 7.54. The van der Waals surface area contributed by atoms with Crippen molar-refractivity contribution in [1.29, 1.82) is 0 Å². The fourth-order valence-electron chi connectivity index (χ4n) is 0.845. The van der Waals surface area contributed by atoms with Gasteiger partial charge in [-0.1, -0.05) is 19.1 Å². The van der Waals surface area contributed by atoms with Crippen LogP contribution in [-0.4, -0.2) is 28.8 Å². The van der Waals surface area contributed by atoms with Crippen molar-refractivity contribution in [3.05, 3.63) is 25.3 Å². The lowest BCUT2D eigenvalue weighted by molar-refractivity contribution is 0.503. The van der Waals surface area contributed by atoms with Crippen molar-refractivity contribution in [1.82, 2.24) is 10.3 Å². The Morgan fingerprint density at radius 2 is 1.93 bits per heavy atom. The van der Waals surface area contributed by atoms with Crippen LogP contribution in [0.1, 0.15) is 20.3 Å². The van der Waals surface area contributed by atoms with E-state index >= 15 is 0 Å². The van der Waals surface area contributed by atoms with Crippen LogP contribution in [-0.2, 0) is 0 Å². The van der Waals surface area contributed by atoms with E-state index < -0.39 is 0 Å². The molecule has 4 heteroatoms. The summed E-state index contributed by atoms with van der Waals surface area (Å²) in [7, 11) is 0. The number of hydrogen-bond donors (Lipinski definition) is 1. The van der Waals surface area contributed by atoms with Crippen LogP contribution >= 0.6 is 12.2 Å². The van der Waals surface area contributed by atoms with Crippen LogP contribution in [0.4, 0.5) is 0 Å². The summed E-state index contributed by atoms with van der Waals surface area (Å²) in [4.78, 5) is 1.93. The number of rotatable bonds is 6. The summed E-state index contributed by atoms with van der Waals surface area (Å²) in [5, 5.41) is 4.74. The Bertz CT molecular complexity index is 249. The first-order chi connectivity index (χ1) is 7.15. The fourth-order valence-corrected chi connectivity index (χ4v) is 1.04. The van der Waals surface area contributed by atoms with E-state index in [1.54, 1.807) is 12.2 Å². The monoisotopic (exact) mass is 225 g/mol. The summed E-state index contributed by atoms with van der Waals surface area (Å²) in [5.41, 5.74) is 3.88. The molecule has 0 aromatic heterocycles. The number of hydrogen-bond acceptors (Lipinski definition) is 2. The molecular weight excluding hydrogens is 206 g/mol. The minimum absolute atomic E-state index is 0.600. The average molecular weight is 225 g/mol. The molecular formula is C11H19N3S. The van der Waals surface area contributed by atoms with E-state index in [-0.39, 0.29) is 0 Å². The molecule has 84 valence electrons. The molecule has 1 N–H and O–H groups in total. The van der Waals surface area contributed by atoms with Gasteiger partial charge in [-0.15, -0.1) is 13.2 Å². The molecule has 0 fully saturated rings. The minimum atomic E-state index is 0.600. The molecule has 0 bridgehead atoms. The molecule has 0 aliphatic heterocycles. The Morgan fingerprint density at radius 1 is 1.40 bits per heavy atom. The van der Waals surface area contributed by atoms with Gasteiger partial charge in [-0.05, 0) is 25.6 Å². The molecule has 0 amide bonds. The maximum Gasteiger partial charge on any atom is 0.190 e. The summed E-state index contributed by atoms with van der Waals surface area (Å²) in [6.07, 6.45) is 4.51. The third kappa shape index (κ3) is 6.01. The predicted molar refractivity (Wildman–Crippen MR) is 71.1 cm³/mol. The third-order valence-electron chi connectivity index (χ3n) is 1.84. The van der Waals surface area contributed by atoms with Gasteiger partial charge in [0.25, 0.3) is 0 Å². The molecule has 3 nitrogen and oxygen atoms in total. The molecule has 0 atom stereocenters. The number of hydrazone groups is 1. The highest BCUT2D eigenvalue weighted by Gasteiger charge is 2.04. The smallest absolute Gasteiger partial charge is 0.190 e. The normalized spacial score (nSPS) is 10.7. The summed E-state index contributed by atoms with van der Waals surface area (Å²) in [5.74, 6) is 0. The van der Waals surface area contributed by atoms with E-state index in [2.05, 4.69) is 30.6 Å². The molecule has 0 aromatic carbocycles. The zero-order chi connectivity index (χ0) is 11.7. The first-order valence-corrected chi connectivity index (χ1v) is 5.36. The molecule has 0 radical (unpaired) electrons. The van der Waals surface area contributed by atoms with Gasteiger partial charge in [-0.2, -0.15) is 5.10 Å². The van der Waals surface area contributed by atoms with Crippen molar-refractivity contribution in [2.24, 2.45) is 5.10 Å². The second kappa shape index (κ2) is 8.17. The summed E-state index contributed by atoms with van der Waals surface area (Å²) in [6.45, 7) is 12.8. The third-order valence-corrected chi connectivity index (χ3v) is 2.19. The largest absolute Gasteiger partial charge is 0.340 e. The lowest BCUT2D eigenvalue weighted by Gasteiger charge is -2.21. The van der Waals surface area contributed by atoms with E-state index in [1.165, 1.54) is 0 Å². The van der Waals surface area contributed by atoms with Crippen LogP contribution in [0.2, 0.25) is 0 Å². The zero-order valence-electron chi connectivity index (χ0n) is 9.49. The Morgan fingerprint density at radius 3 is 2.33 bits per heavy atom. The second-order valence-electron chi connectivity index (χ2n) is 3.10. The number of nitrogens with zero attached hydrogens (tertiary/aromatic N) is 2. The SMILES string of the molecule is C=CCN(CC=C)C(=S)N/N=C(/C)CC. The van der Waals surface area contributed by atoms with E-state index in [4.69, 9.17) is 12.2 Å². The van der Waals surface area contributed by atoms with Crippen molar-refractivity contribution >= 4 is 23.0 Å². The van der Waals surface area contributed by atoms with Gasteiger partial charge >= 0.3 is 0 Å². The minimum Gasteiger partial charge on any atom is -0.340 e. The van der Waals surface area contributed by atoms with Crippen molar-refractivity contribution in [2.45, 2.75) is 20.3 Å². The van der Waals surface area contributed by atoms with E-state index in [0.717, 1.165) is 12.1 Å². The van der Waals surface area contributed by atoms with Crippen LogP contribution < -0.4 is 5.43 Å². The summed E-state index contributed by atoms with van der Waals surface area (Å²) >= 11 is 5.18. The van der Waals surface area contributed by atoms with Crippen LogP contribution in [0.3, 0.4) is 0 Å². The molecule has 0 aliphatic carbocycles. The van der Waals surface area contributed by atoms with Gasteiger partial charge in [-0.3, -0.25) is 5.43 Å². The maximum absolute atomic E-state index is 5.18. The van der Waals surface area contributed by atoms with Crippen LogP contribution in [0, 0.1) is 0 Å². The highest BCUT2D eigenvalue weighted by molar-refractivity contribution is 7.80. The molecule has 0 aromatic rings. The van der Waals surface area contributed by atoms with E-state index in [9.17, 15) is 0 Å². The standard InChI is InChI=1S/C11H19N3S/c1-5-8-14(9-6-2)11(15)13-12-10(4)7-3/h5-6H,1-2,7-9H2,3-4H3,(H,13,15)/b12-10-. The molecule has 0 aliphatic rings. The van der Waals surface area contributed by atoms with Crippen LogP contribution in [0.15, 0.2) is 30.4 Å². The fraction of sp³-hybridized carbons (Fsp3) is 0.455. The number of nitrogens with one attached hydrogen (secondary N) is 1. The summed E-state index contributed by atoms with van der Waals surface area (Å²) in [6, 6.07) is 0. The lowest BCUT2D eigenvalue weighted by atomic mass is 10.3. The summed E-state index contributed by atoms with van der Waals surface area (Å²) < 4.78 is 0. The molecule has 0 rings (SSSR count). The van der Waals surface area contributed by atoms with Crippen molar-refractivity contribution in [2.75, 3.05) is 13.1 Å². The second-order valence-corrected chi connectivity index (χ2v) is 3.49. The van der Waals surface area contributed by atoms with Crippen molar-refractivity contribution in [3.63, 3.8) is 0 Å². The highest BCUT2D eigenvalue weighted by atomic mass is 32.1. The van der Waals surface area contributed by atoms with Crippen LogP contribution in [0.25, 0.3) is 0 Å². The number of thiocarbonyl (C=S) groups is 1. The van der Waals surface area contributed by atoms with Crippen molar-refractivity contribution in [3.8, 4) is 0 Å². The van der Waals surface area contributed by atoms with E-state index in [0.29, 0.717) is 18.2 Å². The molecule has 0 saturated heterocycles. The zero-order valence-corrected chi connectivity index (χ0v) is 10.3.